The lowest BCUT2D eigenvalue weighted by atomic mass is 9.97. The van der Waals surface area contributed by atoms with Gasteiger partial charge >= 0.3 is 0 Å². The zero-order chi connectivity index (χ0) is 77.5. The summed E-state index contributed by atoms with van der Waals surface area (Å²) in [5.74, 6) is 0. The molecule has 0 fully saturated rings. The molecule has 0 atom stereocenters. The fourth-order valence-corrected chi connectivity index (χ4v) is 19.9. The highest BCUT2D eigenvalue weighted by Crippen LogP contribution is 2.46. The molecule has 7 aromatic heterocycles. The van der Waals surface area contributed by atoms with E-state index >= 15 is 0 Å². The molecule has 23 rings (SSSR count). The van der Waals surface area contributed by atoms with Gasteiger partial charge in [0.2, 0.25) is 0 Å². The van der Waals surface area contributed by atoms with E-state index in [1.54, 1.807) is 0 Å². The van der Waals surface area contributed by atoms with E-state index in [0.717, 1.165) is 123 Å². The molecule has 0 N–H and O–H groups in total. The summed E-state index contributed by atoms with van der Waals surface area (Å²) in [6.07, 6.45) is 1.84. The quantitative estimate of drug-likeness (QED) is 0.128. The van der Waals surface area contributed by atoms with Crippen LogP contribution in [0.15, 0.2) is 413 Å². The van der Waals surface area contributed by atoms with Gasteiger partial charge in [0.05, 0.1) is 61.7 Å². The van der Waals surface area contributed by atoms with Crippen molar-refractivity contribution in [3.63, 3.8) is 0 Å². The van der Waals surface area contributed by atoms with Crippen molar-refractivity contribution in [1.29, 1.82) is 0 Å². The summed E-state index contributed by atoms with van der Waals surface area (Å²) < 4.78 is 7.98. The van der Waals surface area contributed by atoms with Crippen molar-refractivity contribution in [2.24, 2.45) is 0 Å². The molecular formula is C108H68N6S3. The Kier molecular flexibility index (Phi) is 18.5. The molecule has 117 heavy (non-hydrogen) atoms. The van der Waals surface area contributed by atoms with Gasteiger partial charge in [0.15, 0.2) is 0 Å². The smallest absolute Gasteiger partial charge is 0.0973 e. The van der Waals surface area contributed by atoms with Crippen molar-refractivity contribution in [3.8, 4) is 123 Å². The van der Waals surface area contributed by atoms with Crippen LogP contribution >= 0.6 is 34.0 Å². The third kappa shape index (κ3) is 13.5. The summed E-state index contributed by atoms with van der Waals surface area (Å²) in [7, 11) is 0. The zero-order valence-corrected chi connectivity index (χ0v) is 65.6. The van der Waals surface area contributed by atoms with Crippen LogP contribution in [0.2, 0.25) is 0 Å². The Bertz CT molecular complexity index is 7600. The molecule has 9 heteroatoms. The van der Waals surface area contributed by atoms with Gasteiger partial charge in [0.1, 0.15) is 0 Å². The Hall–Kier alpha value is -14.6. The van der Waals surface area contributed by atoms with Gasteiger partial charge in [0.25, 0.3) is 0 Å². The number of fused-ring (bicyclic) bond motifs is 12. The van der Waals surface area contributed by atoms with Crippen LogP contribution in [-0.2, 0) is 0 Å². The van der Waals surface area contributed by atoms with E-state index in [1.165, 1.54) is 93.9 Å². The molecule has 16 aromatic carbocycles. The van der Waals surface area contributed by atoms with Crippen molar-refractivity contribution in [2.75, 3.05) is 0 Å². The summed E-state index contributed by atoms with van der Waals surface area (Å²) in [5, 5.41) is 9.01. The monoisotopic (exact) mass is 1540 g/mol. The Balaban J connectivity index is 0.000000110. The van der Waals surface area contributed by atoms with Gasteiger partial charge < -0.3 is 0 Å². The minimum Gasteiger partial charge on any atom is -0.256 e. The van der Waals surface area contributed by atoms with Gasteiger partial charge in [-0.25, -0.2) is 24.9 Å². The summed E-state index contributed by atoms with van der Waals surface area (Å²) >= 11 is 5.60. The number of rotatable bonds is 11. The molecule has 23 aromatic rings. The van der Waals surface area contributed by atoms with Crippen molar-refractivity contribution >= 4 is 127 Å². The van der Waals surface area contributed by atoms with Gasteiger partial charge in [-0.3, -0.25) is 4.98 Å². The van der Waals surface area contributed by atoms with Crippen molar-refractivity contribution in [3.05, 3.63) is 413 Å². The van der Waals surface area contributed by atoms with Gasteiger partial charge in [-0.15, -0.1) is 34.0 Å². The summed E-state index contributed by atoms with van der Waals surface area (Å²) in [6.45, 7) is 0. The van der Waals surface area contributed by atoms with E-state index in [4.69, 9.17) is 24.9 Å². The Morgan fingerprint density at radius 1 is 0.171 bits per heavy atom. The number of para-hydroxylation sites is 1. The van der Waals surface area contributed by atoms with E-state index in [1.807, 2.05) is 113 Å². The number of hydrogen-bond acceptors (Lipinski definition) is 9. The summed E-state index contributed by atoms with van der Waals surface area (Å²) in [4.78, 5) is 30.4. The van der Waals surface area contributed by atoms with Crippen LogP contribution in [0.5, 0.6) is 0 Å². The van der Waals surface area contributed by atoms with Crippen LogP contribution in [0.4, 0.5) is 0 Å². The highest BCUT2D eigenvalue weighted by Gasteiger charge is 2.21. The molecule has 7 heterocycles. The van der Waals surface area contributed by atoms with E-state index in [2.05, 4.69) is 339 Å². The first-order chi connectivity index (χ1) is 58.0. The molecule has 548 valence electrons. The highest BCUT2D eigenvalue weighted by molar-refractivity contribution is 7.27. The average Bonchev–Trinajstić information content (AvgIpc) is 1.60. The molecule has 0 bridgehead atoms. The van der Waals surface area contributed by atoms with Gasteiger partial charge in [-0.2, -0.15) is 0 Å². The molecule has 0 aliphatic carbocycles. The molecule has 0 saturated heterocycles. The second-order valence-electron chi connectivity index (χ2n) is 29.0. The minimum atomic E-state index is 0.889. The van der Waals surface area contributed by atoms with Gasteiger partial charge in [-0.05, 0) is 105 Å². The second-order valence-corrected chi connectivity index (χ2v) is 32.2. The second kappa shape index (κ2) is 30.7. The average molecular weight is 1550 g/mol. The number of pyridine rings is 2. The maximum absolute atomic E-state index is 5.28. The normalized spacial score (nSPS) is 11.4. The zero-order valence-electron chi connectivity index (χ0n) is 63.2. The van der Waals surface area contributed by atoms with E-state index < -0.39 is 0 Å². The Labute approximate surface area is 688 Å². The van der Waals surface area contributed by atoms with Crippen molar-refractivity contribution in [1.82, 2.24) is 29.9 Å². The van der Waals surface area contributed by atoms with Crippen LogP contribution in [-0.4, -0.2) is 29.9 Å². The van der Waals surface area contributed by atoms with Crippen LogP contribution in [0.3, 0.4) is 0 Å². The SMILES string of the molecule is c1ccc(-c2nc(-c3ccc(-c4cccc5c4sc4ccccc45)cc3)cc3ncccc23)cc1.c1ccc(-c2nc3ccc(-c4ccc(-c5cccc6c5sc5ccccc56)cc4)cc3nc2-c2ccccc2)cc1.c1ccc(-c2nc3cccc(-c4ccc(-c5cccc6c5sc5ccccc56)cc4)c3nc2-c2ccccc2)cc1. The number of benzene rings is 16. The molecule has 0 unspecified atom stereocenters. The number of thiophene rings is 3. The van der Waals surface area contributed by atoms with Gasteiger partial charge in [0, 0.05) is 111 Å². The van der Waals surface area contributed by atoms with Crippen LogP contribution < -0.4 is 0 Å². The molecule has 6 nitrogen and oxygen atoms in total. The predicted molar refractivity (Wildman–Crippen MR) is 497 cm³/mol. The molecular weight excluding hydrogens is 1480 g/mol. The molecule has 0 aliphatic heterocycles. The first kappa shape index (κ1) is 70.3. The van der Waals surface area contributed by atoms with Crippen molar-refractivity contribution in [2.45, 2.75) is 0 Å². The summed E-state index contributed by atoms with van der Waals surface area (Å²) in [5.41, 5.74) is 28.4. The lowest BCUT2D eigenvalue weighted by molar-refractivity contribution is 1.29. The molecule has 0 aliphatic rings. The Morgan fingerprint density at radius 2 is 0.504 bits per heavy atom. The lowest BCUT2D eigenvalue weighted by Gasteiger charge is -2.13. The molecule has 0 spiro atoms. The minimum absolute atomic E-state index is 0.889. The third-order valence-corrected chi connectivity index (χ3v) is 25.6. The van der Waals surface area contributed by atoms with Crippen LogP contribution in [0.1, 0.15) is 0 Å². The van der Waals surface area contributed by atoms with Crippen molar-refractivity contribution < 1.29 is 0 Å². The van der Waals surface area contributed by atoms with E-state index in [0.29, 0.717) is 0 Å². The fraction of sp³-hybridized carbons (Fsp3) is 0. The first-order valence-electron chi connectivity index (χ1n) is 39.2. The number of hydrogen-bond donors (Lipinski definition) is 0. The number of aromatic nitrogens is 6. The maximum Gasteiger partial charge on any atom is 0.0973 e. The van der Waals surface area contributed by atoms with E-state index in [-0.39, 0.29) is 0 Å². The number of nitrogens with zero attached hydrogens (tertiary/aromatic N) is 6. The van der Waals surface area contributed by atoms with E-state index in [9.17, 15) is 0 Å². The standard InChI is InChI=1S/2C38H24N2S.C32H20N2S/c1-3-11-27(12-4-1)35-36(28-13-5-2-6-14-28)40-37-29(16-10-19-33(37)39-35)25-21-23-26(24-22-25)30-17-9-18-32-31-15-7-8-20-34(31)41-38(30)32;1-3-10-27(11-4-1)36-37(28-12-5-2-6-13-28)40-34-24-29(22-23-33(34)39-36)25-18-20-26(21-19-25)30-15-9-16-32-31-14-7-8-17-35(31)41-38(30)32;1-2-8-23(9-3-1)31-27-13-7-19-33-29(27)20-28(34-31)22-17-15-21(16-18-22)24-11-6-12-26-25-10-4-5-14-30(25)35-32(24)26/h2*1-24H;1-20H. The first-order valence-corrected chi connectivity index (χ1v) is 41.6. The van der Waals surface area contributed by atoms with Crippen LogP contribution in [0, 0.1) is 0 Å². The van der Waals surface area contributed by atoms with Gasteiger partial charge in [-0.1, -0.05) is 352 Å². The molecule has 0 saturated carbocycles. The van der Waals surface area contributed by atoms with Crippen LogP contribution in [0.25, 0.3) is 217 Å². The topological polar surface area (TPSA) is 77.3 Å². The molecule has 0 radical (unpaired) electrons. The fourth-order valence-electron chi connectivity index (χ4n) is 16.2. The Morgan fingerprint density at radius 3 is 0.957 bits per heavy atom. The summed E-state index contributed by atoms with van der Waals surface area (Å²) in [6, 6.07) is 143. The highest BCUT2D eigenvalue weighted by atomic mass is 32.1. The maximum atomic E-state index is 5.28. The molecule has 0 amide bonds. The predicted octanol–water partition coefficient (Wildman–Crippen LogP) is 30.3. The third-order valence-electron chi connectivity index (χ3n) is 21.9. The largest absolute Gasteiger partial charge is 0.256 e. The lowest BCUT2D eigenvalue weighted by Crippen LogP contribution is -1.97.